The van der Waals surface area contributed by atoms with Crippen LogP contribution in [-0.4, -0.2) is 46.3 Å². The highest BCUT2D eigenvalue weighted by atomic mass is 35.5. The van der Waals surface area contributed by atoms with E-state index in [9.17, 15) is 4.79 Å². The van der Waals surface area contributed by atoms with Gasteiger partial charge < -0.3 is 10.2 Å². The molecular formula is C25H31ClN4O. The first-order valence-electron chi connectivity index (χ1n) is 11.4. The maximum absolute atomic E-state index is 12.7. The van der Waals surface area contributed by atoms with Crippen LogP contribution in [0.2, 0.25) is 5.02 Å². The van der Waals surface area contributed by atoms with Crippen molar-refractivity contribution in [3.8, 4) is 0 Å². The third kappa shape index (κ3) is 5.46. The average Bonchev–Trinajstić information content (AvgIpc) is 3.18. The smallest absolute Gasteiger partial charge is 0.251 e. The molecule has 0 saturated carbocycles. The molecule has 1 N–H and O–H groups in total. The van der Waals surface area contributed by atoms with Gasteiger partial charge in [-0.05, 0) is 62.1 Å². The van der Waals surface area contributed by atoms with Crippen LogP contribution in [0.1, 0.15) is 54.9 Å². The number of rotatable bonds is 8. The van der Waals surface area contributed by atoms with Crippen molar-refractivity contribution in [1.82, 2.24) is 20.0 Å². The van der Waals surface area contributed by atoms with Gasteiger partial charge in [0.15, 0.2) is 0 Å². The summed E-state index contributed by atoms with van der Waals surface area (Å²) >= 11 is 6.11. The molecule has 0 radical (unpaired) electrons. The maximum atomic E-state index is 12.7. The minimum atomic E-state index is -0.0249. The molecule has 0 aliphatic carbocycles. The van der Waals surface area contributed by atoms with Crippen LogP contribution in [0.5, 0.6) is 0 Å². The van der Waals surface area contributed by atoms with E-state index in [0.29, 0.717) is 29.7 Å². The Kier molecular flexibility index (Phi) is 7.25. The molecule has 5 nitrogen and oxygen atoms in total. The molecule has 1 amide bonds. The molecule has 1 saturated heterocycles. The van der Waals surface area contributed by atoms with Crippen molar-refractivity contribution >= 4 is 28.4 Å². The molecule has 1 aromatic heterocycles. The summed E-state index contributed by atoms with van der Waals surface area (Å²) in [6.07, 6.45) is 8.00. The molecule has 1 aliphatic heterocycles. The lowest BCUT2D eigenvalue weighted by Crippen LogP contribution is -2.40. The van der Waals surface area contributed by atoms with Gasteiger partial charge in [-0.2, -0.15) is 5.10 Å². The zero-order valence-corrected chi connectivity index (χ0v) is 18.9. The van der Waals surface area contributed by atoms with E-state index >= 15 is 0 Å². The van der Waals surface area contributed by atoms with Gasteiger partial charge in [-0.25, -0.2) is 0 Å². The van der Waals surface area contributed by atoms with Gasteiger partial charge in [0.1, 0.15) is 0 Å². The Morgan fingerprint density at radius 1 is 1.23 bits per heavy atom. The van der Waals surface area contributed by atoms with E-state index in [0.717, 1.165) is 29.4 Å². The van der Waals surface area contributed by atoms with Crippen LogP contribution in [-0.2, 0) is 6.54 Å². The van der Waals surface area contributed by atoms with E-state index in [4.69, 9.17) is 11.6 Å². The summed E-state index contributed by atoms with van der Waals surface area (Å²) in [5, 5.41) is 9.33. The van der Waals surface area contributed by atoms with Gasteiger partial charge in [0.2, 0.25) is 0 Å². The summed E-state index contributed by atoms with van der Waals surface area (Å²) in [5.41, 5.74) is 2.70. The molecule has 1 aliphatic rings. The predicted octanol–water partition coefficient (Wildman–Crippen LogP) is 5.12. The van der Waals surface area contributed by atoms with Crippen molar-refractivity contribution in [2.24, 2.45) is 0 Å². The first-order chi connectivity index (χ1) is 15.1. The van der Waals surface area contributed by atoms with E-state index in [1.54, 1.807) is 0 Å². The highest BCUT2D eigenvalue weighted by Gasteiger charge is 2.20. The molecule has 1 fully saturated rings. The molecule has 1 atom stereocenters. The number of benzene rings is 2. The fraction of sp³-hybridized carbons (Fsp3) is 0.440. The fourth-order valence-corrected chi connectivity index (χ4v) is 4.76. The van der Waals surface area contributed by atoms with Crippen LogP contribution in [0.4, 0.5) is 0 Å². The Bertz CT molecular complexity index is 1030. The van der Waals surface area contributed by atoms with Crippen molar-refractivity contribution in [2.75, 3.05) is 19.6 Å². The molecular weight excluding hydrogens is 408 g/mol. The number of halogens is 1. The monoisotopic (exact) mass is 438 g/mol. The van der Waals surface area contributed by atoms with E-state index in [1.165, 1.54) is 32.2 Å². The summed E-state index contributed by atoms with van der Waals surface area (Å²) < 4.78 is 1.92. The van der Waals surface area contributed by atoms with E-state index in [-0.39, 0.29) is 5.91 Å². The molecule has 6 heteroatoms. The zero-order valence-electron chi connectivity index (χ0n) is 18.2. The van der Waals surface area contributed by atoms with Crippen LogP contribution >= 0.6 is 11.6 Å². The summed E-state index contributed by atoms with van der Waals surface area (Å²) in [5.74, 6) is -0.0249. The molecule has 3 aromatic rings. The molecule has 0 bridgehead atoms. The third-order valence-corrected chi connectivity index (χ3v) is 6.49. The summed E-state index contributed by atoms with van der Waals surface area (Å²) in [7, 11) is 0. The van der Waals surface area contributed by atoms with Crippen molar-refractivity contribution in [3.05, 3.63) is 64.8 Å². The van der Waals surface area contributed by atoms with Gasteiger partial charge in [-0.15, -0.1) is 0 Å². The second-order valence-electron chi connectivity index (χ2n) is 8.41. The second-order valence-corrected chi connectivity index (χ2v) is 8.85. The quantitative estimate of drug-likeness (QED) is 0.496. The van der Waals surface area contributed by atoms with Crippen molar-refractivity contribution < 1.29 is 4.79 Å². The zero-order chi connectivity index (χ0) is 21.6. The number of nitrogens with zero attached hydrogens (tertiary/aromatic N) is 3. The second kappa shape index (κ2) is 10.3. The SMILES string of the molecule is CC[C@H]1CCCCN1CCCNC(=O)c1ccc2cnn(Cc3cccc(Cl)c3)c2c1. The van der Waals surface area contributed by atoms with Crippen LogP contribution in [0.25, 0.3) is 10.9 Å². The number of aromatic nitrogens is 2. The number of fused-ring (bicyclic) bond motifs is 1. The highest BCUT2D eigenvalue weighted by molar-refractivity contribution is 6.30. The maximum Gasteiger partial charge on any atom is 0.251 e. The lowest BCUT2D eigenvalue weighted by Gasteiger charge is -2.35. The average molecular weight is 439 g/mol. The largest absolute Gasteiger partial charge is 0.352 e. The van der Waals surface area contributed by atoms with Crippen molar-refractivity contribution in [3.63, 3.8) is 0 Å². The van der Waals surface area contributed by atoms with Gasteiger partial charge >= 0.3 is 0 Å². The normalized spacial score (nSPS) is 17.2. The molecule has 0 unspecified atom stereocenters. The Hall–Kier alpha value is -2.37. The number of carbonyl (C=O) groups excluding carboxylic acids is 1. The van der Waals surface area contributed by atoms with Crippen LogP contribution in [0, 0.1) is 0 Å². The van der Waals surface area contributed by atoms with Gasteiger partial charge in [0.25, 0.3) is 5.91 Å². The number of amides is 1. The Labute approximate surface area is 189 Å². The molecule has 0 spiro atoms. The van der Waals surface area contributed by atoms with Gasteiger partial charge in [-0.1, -0.05) is 43.1 Å². The number of nitrogens with one attached hydrogen (secondary N) is 1. The summed E-state index contributed by atoms with van der Waals surface area (Å²) in [6, 6.07) is 14.3. The van der Waals surface area contributed by atoms with E-state index in [1.807, 2.05) is 53.3 Å². The third-order valence-electron chi connectivity index (χ3n) is 6.26. The standard InChI is InChI=1S/C25H31ClN4O/c1-2-23-9-3-4-13-29(23)14-6-12-27-25(31)20-10-11-21-17-28-30(24(21)16-20)18-19-7-5-8-22(26)15-19/h5,7-8,10-11,15-17,23H,2-4,6,9,12-14,18H2,1H3,(H,27,31)/t23-/m0/s1. The number of carbonyl (C=O) groups is 1. The van der Waals surface area contributed by atoms with Gasteiger partial charge in [0, 0.05) is 35.1 Å². The topological polar surface area (TPSA) is 50.2 Å². The number of hydrogen-bond acceptors (Lipinski definition) is 3. The lowest BCUT2D eigenvalue weighted by atomic mass is 10.00. The molecule has 2 heterocycles. The van der Waals surface area contributed by atoms with Crippen molar-refractivity contribution in [1.29, 1.82) is 0 Å². The fourth-order valence-electron chi connectivity index (χ4n) is 4.55. The predicted molar refractivity (Wildman–Crippen MR) is 127 cm³/mol. The number of hydrogen-bond donors (Lipinski definition) is 1. The Morgan fingerprint density at radius 2 is 2.13 bits per heavy atom. The molecule has 31 heavy (non-hydrogen) atoms. The van der Waals surface area contributed by atoms with Crippen LogP contribution in [0.3, 0.4) is 0 Å². The number of likely N-dealkylation sites (tertiary alicyclic amines) is 1. The molecule has 2 aromatic carbocycles. The highest BCUT2D eigenvalue weighted by Crippen LogP contribution is 2.20. The first-order valence-corrected chi connectivity index (χ1v) is 11.7. The minimum absolute atomic E-state index is 0.0249. The van der Waals surface area contributed by atoms with E-state index < -0.39 is 0 Å². The first kappa shape index (κ1) is 21.8. The van der Waals surface area contributed by atoms with Gasteiger partial charge in [0.05, 0.1) is 18.3 Å². The molecule has 164 valence electrons. The van der Waals surface area contributed by atoms with Gasteiger partial charge in [-0.3, -0.25) is 9.48 Å². The Morgan fingerprint density at radius 3 is 2.97 bits per heavy atom. The Balaban J connectivity index is 1.36. The van der Waals surface area contributed by atoms with Crippen LogP contribution < -0.4 is 5.32 Å². The summed E-state index contributed by atoms with van der Waals surface area (Å²) in [4.78, 5) is 15.3. The molecule has 4 rings (SSSR count). The summed E-state index contributed by atoms with van der Waals surface area (Å²) in [6.45, 7) is 5.84. The van der Waals surface area contributed by atoms with Crippen LogP contribution in [0.15, 0.2) is 48.7 Å². The minimum Gasteiger partial charge on any atom is -0.352 e. The number of piperidine rings is 1. The lowest BCUT2D eigenvalue weighted by molar-refractivity contribution is 0.0947. The van der Waals surface area contributed by atoms with E-state index in [2.05, 4.69) is 22.2 Å². The van der Waals surface area contributed by atoms with Crippen molar-refractivity contribution in [2.45, 2.75) is 51.6 Å².